The molecule has 8 heteroatoms. The van der Waals surface area contributed by atoms with E-state index in [0.717, 1.165) is 59.1 Å². The third kappa shape index (κ3) is 5.16. The van der Waals surface area contributed by atoms with E-state index < -0.39 is 0 Å². The van der Waals surface area contributed by atoms with E-state index in [1.54, 1.807) is 19.5 Å². The van der Waals surface area contributed by atoms with Gasteiger partial charge in [-0.2, -0.15) is 0 Å². The van der Waals surface area contributed by atoms with Crippen molar-refractivity contribution in [2.75, 3.05) is 36.6 Å². The smallest absolute Gasteiger partial charge is 0.151 e. The molecule has 34 heavy (non-hydrogen) atoms. The summed E-state index contributed by atoms with van der Waals surface area (Å²) in [5.41, 5.74) is 11.3. The molecule has 0 aliphatic heterocycles. The molecular weight excluding hydrogens is 426 g/mol. The molecule has 5 N–H and O–H groups in total. The lowest BCUT2D eigenvalue weighted by atomic mass is 9.95. The molecule has 1 aliphatic rings. The van der Waals surface area contributed by atoms with Crippen LogP contribution in [0.4, 0.5) is 17.3 Å². The largest absolute Gasteiger partial charge is 0.495 e. The van der Waals surface area contributed by atoms with Gasteiger partial charge in [0.1, 0.15) is 22.6 Å². The summed E-state index contributed by atoms with van der Waals surface area (Å²) in [6.07, 6.45) is 10.4. The van der Waals surface area contributed by atoms with E-state index in [0.29, 0.717) is 17.4 Å². The number of benzene rings is 1. The maximum absolute atomic E-state index is 6.24. The Bertz CT molecular complexity index is 1140. The third-order valence-corrected chi connectivity index (χ3v) is 6.32. The van der Waals surface area contributed by atoms with Crippen molar-refractivity contribution >= 4 is 28.4 Å². The number of nitrogens with zero attached hydrogens (tertiary/aromatic N) is 3. The van der Waals surface area contributed by atoms with Crippen LogP contribution in [0.25, 0.3) is 22.2 Å². The number of ether oxygens (including phenoxy) is 1. The first kappa shape index (κ1) is 23.6. The van der Waals surface area contributed by atoms with Crippen LogP contribution in [-0.4, -0.2) is 41.2 Å². The maximum Gasteiger partial charge on any atom is 0.151 e. The fourth-order valence-corrected chi connectivity index (χ4v) is 4.48. The molecule has 0 radical (unpaired) electrons. The first-order chi connectivity index (χ1) is 16.6. The molecule has 1 aromatic carbocycles. The normalized spacial score (nSPS) is 14.1. The number of aromatic nitrogens is 3. The molecule has 1 saturated carbocycles. The van der Waals surface area contributed by atoms with Gasteiger partial charge in [0.15, 0.2) is 5.82 Å². The standard InChI is InChI=1S/C26H35N7O/c1-4-20-26(31-18-9-7-6-8-10-18)33-23-19(16-30-25(27)24(23)32-20)17-11-12-21(22(15-17)34-3)29-14-13-28-5-2/h5,11-12,15-16,18,28-29H,2,4,6-10,13-14H2,1,3H3,(H2,27,30)(H,31,33). The Morgan fingerprint density at radius 3 is 2.71 bits per heavy atom. The van der Waals surface area contributed by atoms with Gasteiger partial charge < -0.3 is 26.4 Å². The summed E-state index contributed by atoms with van der Waals surface area (Å²) in [6.45, 7) is 7.28. The van der Waals surface area contributed by atoms with E-state index in [4.69, 9.17) is 20.4 Å². The number of rotatable bonds is 10. The SMILES string of the molecule is C=CNCCNc1ccc(-c2cnc(N)c3nc(CC)c(NC4CCCCC4)nc23)cc1OC. The minimum absolute atomic E-state index is 0.394. The number of methoxy groups -OCH3 is 1. The van der Waals surface area contributed by atoms with Crippen LogP contribution in [0.3, 0.4) is 0 Å². The Balaban J connectivity index is 1.72. The number of pyridine rings is 1. The van der Waals surface area contributed by atoms with Gasteiger partial charge in [0.25, 0.3) is 0 Å². The van der Waals surface area contributed by atoms with Crippen LogP contribution in [-0.2, 0) is 6.42 Å². The number of nitrogens with one attached hydrogen (secondary N) is 3. The van der Waals surface area contributed by atoms with Gasteiger partial charge in [-0.15, -0.1) is 0 Å². The van der Waals surface area contributed by atoms with Crippen LogP contribution in [0.5, 0.6) is 5.75 Å². The van der Waals surface area contributed by atoms with Crippen molar-refractivity contribution in [2.45, 2.75) is 51.5 Å². The van der Waals surface area contributed by atoms with Crippen LogP contribution in [0.2, 0.25) is 0 Å². The Morgan fingerprint density at radius 2 is 1.97 bits per heavy atom. The Labute approximate surface area is 201 Å². The third-order valence-electron chi connectivity index (χ3n) is 6.32. The molecule has 8 nitrogen and oxygen atoms in total. The average Bonchev–Trinajstić information content (AvgIpc) is 2.87. The van der Waals surface area contributed by atoms with Gasteiger partial charge in [-0.3, -0.25) is 0 Å². The Morgan fingerprint density at radius 1 is 1.15 bits per heavy atom. The molecule has 2 heterocycles. The van der Waals surface area contributed by atoms with Gasteiger partial charge in [0, 0.05) is 30.9 Å². The van der Waals surface area contributed by atoms with Crippen LogP contribution >= 0.6 is 0 Å². The molecule has 0 bridgehead atoms. The topological polar surface area (TPSA) is 110 Å². The van der Waals surface area contributed by atoms with Crippen molar-refractivity contribution in [3.8, 4) is 16.9 Å². The molecule has 0 atom stereocenters. The second kappa shape index (κ2) is 11.0. The average molecular weight is 462 g/mol. The number of nitrogens with two attached hydrogens (primary N) is 1. The van der Waals surface area contributed by atoms with Crippen LogP contribution in [0.15, 0.2) is 37.2 Å². The maximum atomic E-state index is 6.24. The fourth-order valence-electron chi connectivity index (χ4n) is 4.48. The van der Waals surface area contributed by atoms with Crippen LogP contribution < -0.4 is 26.4 Å². The van der Waals surface area contributed by atoms with Gasteiger partial charge >= 0.3 is 0 Å². The highest BCUT2D eigenvalue weighted by molar-refractivity contribution is 5.97. The van der Waals surface area contributed by atoms with E-state index in [1.807, 2.05) is 18.2 Å². The predicted molar refractivity (Wildman–Crippen MR) is 140 cm³/mol. The number of hydrogen-bond acceptors (Lipinski definition) is 8. The van der Waals surface area contributed by atoms with E-state index in [9.17, 15) is 0 Å². The summed E-state index contributed by atoms with van der Waals surface area (Å²) in [4.78, 5) is 14.4. The lowest BCUT2D eigenvalue weighted by Crippen LogP contribution is -2.24. The predicted octanol–water partition coefficient (Wildman–Crippen LogP) is 4.73. The number of hydrogen-bond donors (Lipinski definition) is 4. The zero-order valence-electron chi connectivity index (χ0n) is 20.2. The second-order valence-electron chi connectivity index (χ2n) is 8.61. The number of aryl methyl sites for hydroxylation is 1. The van der Waals surface area contributed by atoms with Gasteiger partial charge in [-0.05, 0) is 43.2 Å². The van der Waals surface area contributed by atoms with Crippen molar-refractivity contribution in [1.82, 2.24) is 20.3 Å². The summed E-state index contributed by atoms with van der Waals surface area (Å²) in [7, 11) is 1.67. The van der Waals surface area contributed by atoms with Crippen LogP contribution in [0, 0.1) is 0 Å². The van der Waals surface area contributed by atoms with Crippen molar-refractivity contribution in [2.24, 2.45) is 0 Å². The fraction of sp³-hybridized carbons (Fsp3) is 0.423. The van der Waals surface area contributed by atoms with Gasteiger partial charge in [-0.25, -0.2) is 15.0 Å². The quantitative estimate of drug-likeness (QED) is 0.321. The molecule has 0 saturated heterocycles. The first-order valence-corrected chi connectivity index (χ1v) is 12.1. The molecule has 0 amide bonds. The van der Waals surface area contributed by atoms with E-state index in [1.165, 1.54) is 32.1 Å². The molecule has 0 spiro atoms. The summed E-state index contributed by atoms with van der Waals surface area (Å²) in [5, 5.41) is 10.1. The van der Waals surface area contributed by atoms with E-state index in [-0.39, 0.29) is 0 Å². The summed E-state index contributed by atoms with van der Waals surface area (Å²) >= 11 is 0. The Kier molecular flexibility index (Phi) is 7.67. The lowest BCUT2D eigenvalue weighted by molar-refractivity contribution is 0.416. The molecule has 1 fully saturated rings. The monoisotopic (exact) mass is 461 g/mol. The summed E-state index contributed by atoms with van der Waals surface area (Å²) in [6, 6.07) is 6.50. The summed E-state index contributed by atoms with van der Waals surface area (Å²) in [5.74, 6) is 2.00. The number of fused-ring (bicyclic) bond motifs is 1. The second-order valence-corrected chi connectivity index (χ2v) is 8.61. The van der Waals surface area contributed by atoms with E-state index >= 15 is 0 Å². The highest BCUT2D eigenvalue weighted by Crippen LogP contribution is 2.35. The molecule has 1 aliphatic carbocycles. The highest BCUT2D eigenvalue weighted by atomic mass is 16.5. The molecule has 3 aromatic rings. The van der Waals surface area contributed by atoms with Gasteiger partial charge in [-0.1, -0.05) is 38.8 Å². The molecule has 180 valence electrons. The van der Waals surface area contributed by atoms with Gasteiger partial charge in [0.2, 0.25) is 0 Å². The number of nitrogen functional groups attached to an aromatic ring is 1. The Hall–Kier alpha value is -3.55. The van der Waals surface area contributed by atoms with Crippen molar-refractivity contribution in [3.63, 3.8) is 0 Å². The van der Waals surface area contributed by atoms with Gasteiger partial charge in [0.05, 0.1) is 18.5 Å². The van der Waals surface area contributed by atoms with Crippen molar-refractivity contribution in [1.29, 1.82) is 0 Å². The lowest BCUT2D eigenvalue weighted by Gasteiger charge is -2.24. The zero-order valence-corrected chi connectivity index (χ0v) is 20.2. The van der Waals surface area contributed by atoms with Crippen LogP contribution in [0.1, 0.15) is 44.7 Å². The van der Waals surface area contributed by atoms with E-state index in [2.05, 4.69) is 34.4 Å². The molecule has 0 unspecified atom stereocenters. The first-order valence-electron chi connectivity index (χ1n) is 12.1. The van der Waals surface area contributed by atoms with Crippen molar-refractivity contribution < 1.29 is 4.74 Å². The molecule has 2 aromatic heterocycles. The highest BCUT2D eigenvalue weighted by Gasteiger charge is 2.19. The molecular formula is C26H35N7O. The summed E-state index contributed by atoms with van der Waals surface area (Å²) < 4.78 is 5.66. The minimum atomic E-state index is 0.394. The zero-order chi connectivity index (χ0) is 23.9. The minimum Gasteiger partial charge on any atom is -0.495 e. The molecule has 4 rings (SSSR count). The number of anilines is 3. The van der Waals surface area contributed by atoms with Crippen molar-refractivity contribution in [3.05, 3.63) is 42.9 Å².